The summed E-state index contributed by atoms with van der Waals surface area (Å²) in [4.78, 5) is 35.9. The number of benzene rings is 11. The minimum absolute atomic E-state index is 0.0920. The van der Waals surface area contributed by atoms with Crippen LogP contribution in [0, 0.1) is 72.4 Å². The number of aromatic amines is 1. The standard InChI is InChI=1S/C20H21NO3.C17H17NO.C16H15NO.C11H14O2.C10H11NO.C9H12O.C8H9NO3.C8H11NO.11C2H6/c1-14-12-17-18(21(14)13-16-8-5-4-6-9-16)10-7-11-19(17)24-15(2)20(22)23-3;1-13-11-15-16(9-6-10-17(15)19-2)18(13)12-14-7-4-3-5-8-14;1-12-10-14-15(8-5-9-16(14)18)17(12)11-13-6-3-2-4-7-13;1-8-5-4-6-11(13-3)10(8)7-9(2)12;1-7-6-8-9(11-7)4-3-5-10(8)12-2;1-7-5-4-6-9(10-3)8(7)2;1-6-7(9(10)11)4-3-5-8(6)12-2;1-6-7(9)4-3-5-8(6)10-2;11*1-2/h4-12,15H,13H2,1-3H3;3-11H,12H2,1-2H3;2-10,18H,11H2,1H3;4-6H,7H2,1-3H3;3-6,11H,1-2H3;4-6H,1-3H3;3-5H,1-2H3;3-5H,9H2,1-2H3;11*1-2H3. The number of esters is 1. The largest absolute Gasteiger partial charge is 0.507 e. The Labute approximate surface area is 843 Å². The van der Waals surface area contributed by atoms with Crippen LogP contribution in [0.3, 0.4) is 0 Å². The first-order chi connectivity index (χ1) is 67.8. The van der Waals surface area contributed by atoms with Gasteiger partial charge in [-0.15, -0.1) is 0 Å². The number of H-pyrrole nitrogens is 1. The highest BCUT2D eigenvalue weighted by Crippen LogP contribution is 2.34. The summed E-state index contributed by atoms with van der Waals surface area (Å²) in [5, 5.41) is 24.6. The smallest absolute Gasteiger partial charge is 0.346 e. The molecule has 4 N–H and O–H groups in total. The van der Waals surface area contributed by atoms with Gasteiger partial charge in [0.1, 0.15) is 51.8 Å². The number of methoxy groups -OCH3 is 7. The summed E-state index contributed by atoms with van der Waals surface area (Å²) in [6, 6.07) is 85.6. The number of nitrogens with zero attached hydrogens (tertiary/aromatic N) is 4. The number of ketones is 1. The highest BCUT2D eigenvalue weighted by atomic mass is 16.6. The van der Waals surface area contributed by atoms with Gasteiger partial charge in [-0.25, -0.2) is 4.79 Å². The van der Waals surface area contributed by atoms with Crippen LogP contribution in [0.5, 0.6) is 46.0 Å². The highest BCUT2D eigenvalue weighted by Gasteiger charge is 2.20. The molecule has 0 saturated carbocycles. The molecule has 15 aromatic rings. The van der Waals surface area contributed by atoms with Gasteiger partial charge in [0, 0.05) is 98.8 Å². The van der Waals surface area contributed by atoms with E-state index in [0.29, 0.717) is 29.2 Å². The molecule has 0 fully saturated rings. The zero-order valence-corrected chi connectivity index (χ0v) is 92.9. The zero-order valence-electron chi connectivity index (χ0n) is 92.9. The number of nitro benzene ring substituents is 1. The number of anilines is 1. The van der Waals surface area contributed by atoms with Crippen molar-refractivity contribution >= 4 is 66.7 Å². The minimum atomic E-state index is -0.640. The van der Waals surface area contributed by atoms with Crippen molar-refractivity contribution in [2.45, 2.75) is 261 Å². The van der Waals surface area contributed by atoms with E-state index in [1.54, 1.807) is 74.5 Å². The van der Waals surface area contributed by atoms with E-state index in [-0.39, 0.29) is 17.4 Å². The molecule has 0 spiro atoms. The number of phenols is 1. The number of hydrogen-bond acceptors (Lipinski definition) is 14. The lowest BCUT2D eigenvalue weighted by Crippen LogP contribution is -2.24. The van der Waals surface area contributed by atoms with Gasteiger partial charge in [-0.2, -0.15) is 0 Å². The summed E-state index contributed by atoms with van der Waals surface area (Å²) >= 11 is 0. The quantitative estimate of drug-likeness (QED) is 0.0314. The third kappa shape index (κ3) is 43.6. The lowest BCUT2D eigenvalue weighted by atomic mass is 10.0. The van der Waals surface area contributed by atoms with Crippen molar-refractivity contribution in [3.8, 4) is 46.0 Å². The fraction of sp³-hybridized carbons (Fsp3) is 0.372. The predicted octanol–water partition coefficient (Wildman–Crippen LogP) is 33.4. The maximum Gasteiger partial charge on any atom is 0.346 e. The second kappa shape index (κ2) is 79.3. The number of aromatic nitrogens is 4. The first-order valence-corrected chi connectivity index (χ1v) is 49.7. The second-order valence-corrected chi connectivity index (χ2v) is 28.1. The molecule has 0 aliphatic rings. The molecular weight excluding hydrogens is 1750 g/mol. The van der Waals surface area contributed by atoms with Crippen molar-refractivity contribution < 1.29 is 57.5 Å². The first kappa shape index (κ1) is 133. The van der Waals surface area contributed by atoms with Gasteiger partial charge in [-0.1, -0.05) is 304 Å². The van der Waals surface area contributed by atoms with Crippen LogP contribution >= 0.6 is 0 Å². The van der Waals surface area contributed by atoms with Crippen molar-refractivity contribution in [3.63, 3.8) is 0 Å². The molecule has 0 amide bonds. The van der Waals surface area contributed by atoms with Gasteiger partial charge >= 0.3 is 5.97 Å². The molecule has 0 aliphatic heterocycles. The average Bonchev–Trinajstić information content (AvgIpc) is 1.66. The van der Waals surface area contributed by atoms with Gasteiger partial charge in [0.05, 0.1) is 76.8 Å². The average molecular weight is 1920 g/mol. The fourth-order valence-electron chi connectivity index (χ4n) is 13.4. The molecule has 1 unspecified atom stereocenters. The normalized spacial score (nSPS) is 9.40. The number of rotatable bonds is 18. The third-order valence-electron chi connectivity index (χ3n) is 19.9. The van der Waals surface area contributed by atoms with E-state index in [2.05, 4.69) is 138 Å². The molecule has 1 atom stereocenters. The molecule has 140 heavy (non-hydrogen) atoms. The van der Waals surface area contributed by atoms with E-state index in [9.17, 15) is 24.8 Å². The number of aromatic hydroxyl groups is 1. The number of aryl methyl sites for hydroxylation is 6. The van der Waals surface area contributed by atoms with Gasteiger partial charge in [0.2, 0.25) is 0 Å². The maximum absolute atomic E-state index is 11.6. The number of carbonyl (C=O) groups excluding carboxylic acids is 2. The van der Waals surface area contributed by atoms with Crippen LogP contribution in [0.25, 0.3) is 43.6 Å². The Morgan fingerprint density at radius 3 is 1.07 bits per heavy atom. The second-order valence-electron chi connectivity index (χ2n) is 28.1. The molecule has 0 bridgehead atoms. The number of carbonyl (C=O) groups is 2. The van der Waals surface area contributed by atoms with E-state index in [4.69, 9.17) is 43.6 Å². The van der Waals surface area contributed by atoms with Crippen LogP contribution in [0.15, 0.2) is 261 Å². The Bertz CT molecular complexity index is 5720. The molecule has 19 heteroatoms. The Kier molecular flexibility index (Phi) is 75.1. The number of nitrogen functional groups attached to an aromatic ring is 1. The number of nitrogens with two attached hydrogens (primary N) is 1. The molecule has 4 aromatic heterocycles. The minimum Gasteiger partial charge on any atom is -0.507 e. The van der Waals surface area contributed by atoms with E-state index in [1.165, 1.54) is 64.7 Å². The summed E-state index contributed by atoms with van der Waals surface area (Å²) in [5.41, 5.74) is 25.7. The van der Waals surface area contributed by atoms with Crippen molar-refractivity contribution in [2.24, 2.45) is 0 Å². The number of hydrogen-bond donors (Lipinski definition) is 3. The van der Waals surface area contributed by atoms with E-state index < -0.39 is 11.0 Å². The summed E-state index contributed by atoms with van der Waals surface area (Å²) < 4.78 is 48.3. The highest BCUT2D eigenvalue weighted by molar-refractivity contribution is 5.90. The number of phenolic OH excluding ortho intramolecular Hbond substituents is 1. The molecule has 0 aliphatic carbocycles. The predicted molar refractivity (Wildman–Crippen MR) is 603 cm³/mol. The van der Waals surface area contributed by atoms with Crippen LogP contribution < -0.4 is 38.9 Å². The summed E-state index contributed by atoms with van der Waals surface area (Å²) in [7, 11) is 11.2. The molecule has 0 saturated heterocycles. The SMILES string of the molecule is CC.CC.CC.CC.CC.CC.CC.CC.CC.CC.CC.COC(=O)C(C)Oc1cccc2c1cc(C)n2Cc1ccccc1.COc1cccc(C)c1C.COc1cccc(C)c1CC(C)=O.COc1cccc(N)c1C.COc1cccc([N+](=O)[O-])c1C.COc1cccc2[nH]c(C)cc12.COc1cccc2c1cc(C)n2Cc1ccccc1.Cc1cc2c(O)cccc2n1Cc1ccccc1. The van der Waals surface area contributed by atoms with E-state index in [1.807, 2.05) is 325 Å². The van der Waals surface area contributed by atoms with Gasteiger partial charge in [-0.05, 0) is 213 Å². The Morgan fingerprint density at radius 2 is 0.686 bits per heavy atom. The summed E-state index contributed by atoms with van der Waals surface area (Å²) in [6.45, 7) is 67.9. The lowest BCUT2D eigenvalue weighted by Gasteiger charge is -2.14. The molecule has 11 aromatic carbocycles. The third-order valence-corrected chi connectivity index (χ3v) is 19.9. The Balaban J connectivity index is -0.000000743. The molecule has 15 rings (SSSR count). The number of Topliss-reactive ketones (excluding diaryl/α,β-unsaturated/α-hetero) is 1. The van der Waals surface area contributed by atoms with Crippen LogP contribution in [0.4, 0.5) is 11.4 Å². The Hall–Kier alpha value is -13.7. The Morgan fingerprint density at radius 1 is 0.364 bits per heavy atom. The van der Waals surface area contributed by atoms with E-state index >= 15 is 0 Å². The van der Waals surface area contributed by atoms with Crippen LogP contribution in [0.2, 0.25) is 0 Å². The van der Waals surface area contributed by atoms with Crippen molar-refractivity contribution in [1.29, 1.82) is 0 Å². The maximum atomic E-state index is 11.6. The lowest BCUT2D eigenvalue weighted by molar-refractivity contribution is -0.385. The zero-order chi connectivity index (χ0) is 108. The van der Waals surface area contributed by atoms with Crippen molar-refractivity contribution in [2.75, 3.05) is 55.5 Å². The van der Waals surface area contributed by atoms with Gasteiger partial charge in [0.25, 0.3) is 5.69 Å². The van der Waals surface area contributed by atoms with Crippen LogP contribution in [-0.2, 0) is 40.4 Å². The molecule has 19 nitrogen and oxygen atoms in total. The number of ether oxygens (including phenoxy) is 8. The van der Waals surface area contributed by atoms with Crippen LogP contribution in [0.1, 0.15) is 239 Å². The topological polar surface area (TPSA) is 228 Å². The first-order valence-electron chi connectivity index (χ1n) is 49.7. The summed E-state index contributed by atoms with van der Waals surface area (Å²) in [5.74, 6) is 5.85. The molecule has 768 valence electrons. The fourth-order valence-corrected chi connectivity index (χ4v) is 13.4. The monoisotopic (exact) mass is 1920 g/mol. The molecule has 4 heterocycles. The van der Waals surface area contributed by atoms with Crippen molar-refractivity contribution in [3.05, 3.63) is 344 Å². The van der Waals surface area contributed by atoms with Gasteiger partial charge < -0.3 is 67.4 Å². The van der Waals surface area contributed by atoms with Crippen LogP contribution in [-0.4, -0.2) is 96.3 Å². The number of fused-ring (bicyclic) bond motifs is 4. The number of nitrogens with one attached hydrogen (secondary N) is 1. The van der Waals surface area contributed by atoms with Crippen molar-refractivity contribution in [1.82, 2.24) is 18.7 Å². The summed E-state index contributed by atoms with van der Waals surface area (Å²) in [6.07, 6.45) is -0.186. The molecular formula is C121H176N6O13. The van der Waals surface area contributed by atoms with Gasteiger partial charge in [-0.3, -0.25) is 14.9 Å². The van der Waals surface area contributed by atoms with Gasteiger partial charge in [0.15, 0.2) is 6.10 Å². The molecule has 0 radical (unpaired) electrons. The van der Waals surface area contributed by atoms with E-state index in [0.717, 1.165) is 121 Å². The number of nitro groups is 1.